The number of pyridine rings is 1. The van der Waals surface area contributed by atoms with Crippen LogP contribution in [0.3, 0.4) is 0 Å². The zero-order chi connectivity index (χ0) is 24.9. The number of hydrogen-bond donors (Lipinski definition) is 4. The highest BCUT2D eigenvalue weighted by Crippen LogP contribution is 2.24. The lowest BCUT2D eigenvalue weighted by atomic mass is 9.97. The van der Waals surface area contributed by atoms with Crippen LogP contribution < -0.4 is 21.1 Å². The summed E-state index contributed by atoms with van der Waals surface area (Å²) in [5.41, 5.74) is 7.46. The fraction of sp³-hybridized carbons (Fsp3) is 0.409. The Kier molecular flexibility index (Phi) is 7.94. The summed E-state index contributed by atoms with van der Waals surface area (Å²) in [6, 6.07) is 8.38. The Morgan fingerprint density at radius 1 is 1.21 bits per heavy atom. The van der Waals surface area contributed by atoms with Crippen molar-refractivity contribution in [2.45, 2.75) is 19.8 Å². The van der Waals surface area contributed by atoms with Crippen molar-refractivity contribution >= 4 is 44.9 Å². The molecule has 2 heterocycles. The van der Waals surface area contributed by atoms with Gasteiger partial charge in [0.05, 0.1) is 11.3 Å². The molecule has 0 saturated carbocycles. The van der Waals surface area contributed by atoms with Crippen LogP contribution in [-0.4, -0.2) is 68.2 Å². The van der Waals surface area contributed by atoms with E-state index in [1.807, 2.05) is 4.90 Å². The molecule has 1 saturated heterocycles. The minimum absolute atomic E-state index is 0.0680. The molecule has 1 unspecified atom stereocenters. The third-order valence-electron chi connectivity index (χ3n) is 5.60. The molecule has 1 aliphatic heterocycles. The summed E-state index contributed by atoms with van der Waals surface area (Å²) in [7, 11) is -0.702. The summed E-state index contributed by atoms with van der Waals surface area (Å²) in [5.74, 6) is 0.233. The molecular formula is C22H31N7O4S. The first-order valence-corrected chi connectivity index (χ1v) is 12.4. The van der Waals surface area contributed by atoms with Gasteiger partial charge >= 0.3 is 10.2 Å². The van der Waals surface area contributed by atoms with Gasteiger partial charge in [0.15, 0.2) is 0 Å². The number of nitrogens with zero attached hydrogens (tertiary/aromatic N) is 3. The van der Waals surface area contributed by atoms with Crippen molar-refractivity contribution in [2.24, 2.45) is 11.7 Å². The van der Waals surface area contributed by atoms with Gasteiger partial charge in [-0.15, -0.1) is 0 Å². The first kappa shape index (κ1) is 25.2. The minimum Gasteiger partial charge on any atom is -0.384 e. The Morgan fingerprint density at radius 3 is 2.50 bits per heavy atom. The van der Waals surface area contributed by atoms with E-state index in [1.54, 1.807) is 37.3 Å². The predicted molar refractivity (Wildman–Crippen MR) is 132 cm³/mol. The van der Waals surface area contributed by atoms with Gasteiger partial charge in [0.2, 0.25) is 5.91 Å². The molecule has 2 aromatic rings. The number of amides is 2. The molecule has 1 atom stereocenters. The van der Waals surface area contributed by atoms with Crippen LogP contribution in [0.15, 0.2) is 36.5 Å². The second-order valence-electron chi connectivity index (χ2n) is 8.43. The van der Waals surface area contributed by atoms with E-state index in [-0.39, 0.29) is 17.4 Å². The van der Waals surface area contributed by atoms with E-state index in [4.69, 9.17) is 5.73 Å². The Hall–Kier alpha value is -3.38. The highest BCUT2D eigenvalue weighted by atomic mass is 32.2. The van der Waals surface area contributed by atoms with Crippen LogP contribution in [0.2, 0.25) is 0 Å². The van der Waals surface area contributed by atoms with E-state index in [0.29, 0.717) is 36.0 Å². The van der Waals surface area contributed by atoms with Crippen molar-refractivity contribution in [3.8, 4) is 0 Å². The molecule has 34 heavy (non-hydrogen) atoms. The number of anilines is 4. The number of benzene rings is 1. The fourth-order valence-corrected chi connectivity index (χ4v) is 4.26. The first-order valence-electron chi connectivity index (χ1n) is 10.9. The maximum atomic E-state index is 12.0. The van der Waals surface area contributed by atoms with Gasteiger partial charge in [-0.25, -0.2) is 4.98 Å². The smallest absolute Gasteiger partial charge is 0.301 e. The lowest BCUT2D eigenvalue weighted by Gasteiger charge is -2.32. The zero-order valence-corrected chi connectivity index (χ0v) is 20.4. The van der Waals surface area contributed by atoms with Crippen LogP contribution in [0.1, 0.15) is 30.1 Å². The first-order chi connectivity index (χ1) is 16.0. The molecule has 0 spiro atoms. The molecule has 11 nitrogen and oxygen atoms in total. The molecule has 0 bridgehead atoms. The van der Waals surface area contributed by atoms with Crippen LogP contribution in [0.4, 0.5) is 22.9 Å². The maximum Gasteiger partial charge on any atom is 0.301 e. The normalized spacial score (nSPS) is 16.2. The van der Waals surface area contributed by atoms with Gasteiger partial charge in [0, 0.05) is 64.3 Å². The Labute approximate surface area is 199 Å². The average Bonchev–Trinajstić information content (AvgIpc) is 2.79. The molecule has 1 aliphatic rings. The molecule has 0 radical (unpaired) electrons. The predicted octanol–water partition coefficient (Wildman–Crippen LogP) is 1.81. The average molecular weight is 490 g/mol. The lowest BCUT2D eigenvalue weighted by molar-refractivity contribution is -0.130. The van der Waals surface area contributed by atoms with E-state index in [2.05, 4.69) is 20.3 Å². The molecule has 5 N–H and O–H groups in total. The third kappa shape index (κ3) is 6.58. The maximum absolute atomic E-state index is 12.0. The van der Waals surface area contributed by atoms with E-state index in [9.17, 15) is 18.0 Å². The van der Waals surface area contributed by atoms with Gasteiger partial charge in [-0.05, 0) is 43.0 Å². The van der Waals surface area contributed by atoms with Crippen molar-refractivity contribution in [1.82, 2.24) is 14.2 Å². The summed E-state index contributed by atoms with van der Waals surface area (Å²) >= 11 is 0. The molecule has 1 aromatic carbocycles. The Balaban J connectivity index is 1.69. The third-order valence-corrected chi connectivity index (χ3v) is 7.05. The molecule has 3 rings (SSSR count). The van der Waals surface area contributed by atoms with E-state index < -0.39 is 16.1 Å². The molecule has 12 heteroatoms. The van der Waals surface area contributed by atoms with Crippen LogP contribution in [-0.2, 0) is 15.0 Å². The lowest BCUT2D eigenvalue weighted by Crippen LogP contribution is -2.40. The quantitative estimate of drug-likeness (QED) is 0.419. The monoisotopic (exact) mass is 489 g/mol. The fourth-order valence-electron chi connectivity index (χ4n) is 3.65. The van der Waals surface area contributed by atoms with Crippen LogP contribution >= 0.6 is 0 Å². The second-order valence-corrected chi connectivity index (χ2v) is 10.3. The van der Waals surface area contributed by atoms with Crippen LogP contribution in [0.25, 0.3) is 0 Å². The van der Waals surface area contributed by atoms with Gasteiger partial charge < -0.3 is 21.3 Å². The van der Waals surface area contributed by atoms with Crippen molar-refractivity contribution in [2.75, 3.05) is 49.1 Å². The largest absolute Gasteiger partial charge is 0.384 e. The molecule has 184 valence electrons. The van der Waals surface area contributed by atoms with E-state index in [1.165, 1.54) is 20.3 Å². The van der Waals surface area contributed by atoms with Crippen LogP contribution in [0.5, 0.6) is 0 Å². The Bertz CT molecular complexity index is 1140. The highest BCUT2D eigenvalue weighted by molar-refractivity contribution is 7.90. The Morgan fingerprint density at radius 2 is 1.88 bits per heavy atom. The number of nitrogens with two attached hydrogens (primary N) is 1. The summed E-state index contributed by atoms with van der Waals surface area (Å²) in [6.45, 7) is 3.62. The summed E-state index contributed by atoms with van der Waals surface area (Å²) < 4.78 is 27.5. The van der Waals surface area contributed by atoms with Crippen molar-refractivity contribution in [3.05, 3.63) is 42.1 Å². The minimum atomic E-state index is -3.59. The van der Waals surface area contributed by atoms with E-state index in [0.717, 1.165) is 23.7 Å². The standard InChI is InChI=1S/C22H31N7O4S/c1-15(30)29-10-4-5-16(14-29)12-24-20-11-21(25-13-19(20)22(23)31)26-17-6-8-18(9-7-17)27-34(32,33)28(2)3/h6-9,11,13,16,27H,4-5,10,12,14H2,1-3H3,(H2,23,31)(H2,24,25,26). The number of hydrogen-bond acceptors (Lipinski definition) is 7. The molecule has 1 aromatic heterocycles. The number of piperidine rings is 1. The summed E-state index contributed by atoms with van der Waals surface area (Å²) in [4.78, 5) is 29.7. The SMILES string of the molecule is CC(=O)N1CCCC(CNc2cc(Nc3ccc(NS(=O)(=O)N(C)C)cc3)ncc2C(N)=O)C1. The number of nitrogens with one attached hydrogen (secondary N) is 3. The van der Waals surface area contributed by atoms with Gasteiger partial charge in [-0.2, -0.15) is 12.7 Å². The van der Waals surface area contributed by atoms with Crippen molar-refractivity contribution < 1.29 is 18.0 Å². The molecule has 2 amide bonds. The van der Waals surface area contributed by atoms with Crippen LogP contribution in [0, 0.1) is 5.92 Å². The molecule has 0 aliphatic carbocycles. The van der Waals surface area contributed by atoms with Crippen molar-refractivity contribution in [3.63, 3.8) is 0 Å². The number of primary amides is 1. The van der Waals surface area contributed by atoms with Gasteiger partial charge in [-0.1, -0.05) is 0 Å². The number of carbonyl (C=O) groups excluding carboxylic acids is 2. The van der Waals surface area contributed by atoms with Gasteiger partial charge in [0.25, 0.3) is 5.91 Å². The highest BCUT2D eigenvalue weighted by Gasteiger charge is 2.22. The van der Waals surface area contributed by atoms with Gasteiger partial charge in [0.1, 0.15) is 5.82 Å². The second kappa shape index (κ2) is 10.7. The number of rotatable bonds is 9. The number of likely N-dealkylation sites (tertiary alicyclic amines) is 1. The zero-order valence-electron chi connectivity index (χ0n) is 19.5. The van der Waals surface area contributed by atoms with Gasteiger partial charge in [-0.3, -0.25) is 14.3 Å². The molecule has 1 fully saturated rings. The number of carbonyl (C=O) groups is 2. The van der Waals surface area contributed by atoms with E-state index >= 15 is 0 Å². The number of aromatic nitrogens is 1. The molecular weight excluding hydrogens is 458 g/mol. The summed E-state index contributed by atoms with van der Waals surface area (Å²) in [6.07, 6.45) is 3.34. The summed E-state index contributed by atoms with van der Waals surface area (Å²) in [5, 5.41) is 6.43. The van der Waals surface area contributed by atoms with Crippen molar-refractivity contribution in [1.29, 1.82) is 0 Å². The topological polar surface area (TPSA) is 150 Å².